The Morgan fingerprint density at radius 1 is 0.727 bits per heavy atom. The standard InChI is InChI=1S/C17H28N6O9S/c18-7(1-3-11(19)24)14(28)21-8(2-4-12(20)25)15(29)23-10(6-33)16(30)22-9(17(31)32)5-13(26)27/h7-10,33H,1-6,18H2,(H2,19,24)(H2,20,25)(H,21,28)(H,22,30)(H,23,29)(H,26,27)(H,31,32). The molecule has 0 aliphatic heterocycles. The molecule has 0 radical (unpaired) electrons. The van der Waals surface area contributed by atoms with Crippen molar-refractivity contribution >= 4 is 54.1 Å². The fraction of sp³-hybridized carbons (Fsp3) is 0.588. The second-order valence-corrected chi connectivity index (χ2v) is 7.28. The van der Waals surface area contributed by atoms with Gasteiger partial charge in [-0.05, 0) is 12.8 Å². The Morgan fingerprint density at radius 3 is 1.64 bits per heavy atom. The highest BCUT2D eigenvalue weighted by Gasteiger charge is 2.30. The van der Waals surface area contributed by atoms with Gasteiger partial charge in [0.25, 0.3) is 0 Å². The van der Waals surface area contributed by atoms with Crippen molar-refractivity contribution in [2.45, 2.75) is 56.3 Å². The van der Waals surface area contributed by atoms with Crippen LogP contribution in [0.3, 0.4) is 0 Å². The third-order valence-electron chi connectivity index (χ3n) is 4.16. The minimum absolute atomic E-state index is 0.104. The van der Waals surface area contributed by atoms with Crippen LogP contribution in [0.5, 0.6) is 0 Å². The van der Waals surface area contributed by atoms with Crippen molar-refractivity contribution in [1.29, 1.82) is 0 Å². The van der Waals surface area contributed by atoms with Gasteiger partial charge in [0.15, 0.2) is 0 Å². The molecule has 0 rings (SSSR count). The topological polar surface area (TPSA) is 274 Å². The summed E-state index contributed by atoms with van der Waals surface area (Å²) in [6.07, 6.45) is -1.77. The molecule has 0 aliphatic rings. The van der Waals surface area contributed by atoms with Gasteiger partial charge in [0.1, 0.15) is 18.1 Å². The summed E-state index contributed by atoms with van der Waals surface area (Å²) in [6.45, 7) is 0. The predicted molar refractivity (Wildman–Crippen MR) is 114 cm³/mol. The molecule has 0 fully saturated rings. The van der Waals surface area contributed by atoms with E-state index in [1.54, 1.807) is 0 Å². The van der Waals surface area contributed by atoms with Crippen molar-refractivity contribution in [2.75, 3.05) is 5.75 Å². The fourth-order valence-corrected chi connectivity index (χ4v) is 2.63. The summed E-state index contributed by atoms with van der Waals surface area (Å²) >= 11 is 3.91. The summed E-state index contributed by atoms with van der Waals surface area (Å²) in [4.78, 5) is 81.0. The fourth-order valence-electron chi connectivity index (χ4n) is 2.38. The van der Waals surface area contributed by atoms with Gasteiger partial charge in [0.2, 0.25) is 29.5 Å². The van der Waals surface area contributed by atoms with E-state index < -0.39 is 72.1 Å². The number of carbonyl (C=O) groups excluding carboxylic acids is 5. The Morgan fingerprint density at radius 2 is 1.18 bits per heavy atom. The quantitative estimate of drug-likeness (QED) is 0.0936. The number of aliphatic carboxylic acids is 2. The van der Waals surface area contributed by atoms with Crippen LogP contribution in [0.25, 0.3) is 0 Å². The number of hydrogen-bond donors (Lipinski definition) is 9. The summed E-state index contributed by atoms with van der Waals surface area (Å²) in [5.41, 5.74) is 15.7. The van der Waals surface area contributed by atoms with Gasteiger partial charge < -0.3 is 43.4 Å². The van der Waals surface area contributed by atoms with Gasteiger partial charge in [-0.15, -0.1) is 0 Å². The number of amides is 5. The van der Waals surface area contributed by atoms with Crippen molar-refractivity contribution in [3.8, 4) is 0 Å². The van der Waals surface area contributed by atoms with Crippen LogP contribution in [0.2, 0.25) is 0 Å². The van der Waals surface area contributed by atoms with E-state index in [2.05, 4.69) is 23.3 Å². The third-order valence-corrected chi connectivity index (χ3v) is 4.52. The van der Waals surface area contributed by atoms with Crippen LogP contribution in [0.15, 0.2) is 0 Å². The summed E-state index contributed by atoms with van der Waals surface area (Å²) in [5.74, 6) is -7.67. The molecule has 15 nitrogen and oxygen atoms in total. The molecule has 0 aromatic carbocycles. The number of carboxylic acids is 2. The van der Waals surface area contributed by atoms with E-state index in [1.165, 1.54) is 0 Å². The number of hydrogen-bond acceptors (Lipinski definition) is 9. The number of nitrogens with one attached hydrogen (secondary N) is 3. The van der Waals surface area contributed by atoms with Crippen LogP contribution in [-0.4, -0.2) is 81.6 Å². The number of carbonyl (C=O) groups is 7. The molecule has 0 heterocycles. The number of carboxylic acid groups (broad SMARTS) is 2. The molecule has 0 spiro atoms. The molecule has 5 amide bonds. The number of nitrogens with two attached hydrogens (primary N) is 3. The van der Waals surface area contributed by atoms with Gasteiger partial charge in [-0.3, -0.25) is 28.8 Å². The highest BCUT2D eigenvalue weighted by atomic mass is 32.1. The number of thiol groups is 1. The first-order valence-electron chi connectivity index (χ1n) is 9.57. The molecule has 0 bridgehead atoms. The lowest BCUT2D eigenvalue weighted by atomic mass is 10.1. The average Bonchev–Trinajstić information content (AvgIpc) is 2.71. The van der Waals surface area contributed by atoms with E-state index in [1.807, 2.05) is 5.32 Å². The van der Waals surface area contributed by atoms with Gasteiger partial charge in [-0.1, -0.05) is 0 Å². The first-order valence-corrected chi connectivity index (χ1v) is 10.2. The molecule has 4 atom stereocenters. The Bertz CT molecular complexity index is 778. The molecule has 11 N–H and O–H groups in total. The maximum atomic E-state index is 12.6. The smallest absolute Gasteiger partial charge is 0.326 e. The molecule has 4 unspecified atom stereocenters. The van der Waals surface area contributed by atoms with E-state index in [4.69, 9.17) is 27.4 Å². The van der Waals surface area contributed by atoms with Gasteiger partial charge in [0.05, 0.1) is 12.5 Å². The molecule has 186 valence electrons. The van der Waals surface area contributed by atoms with Crippen molar-refractivity contribution in [3.05, 3.63) is 0 Å². The zero-order valence-electron chi connectivity index (χ0n) is 17.5. The lowest BCUT2D eigenvalue weighted by molar-refractivity contribution is -0.147. The Kier molecular flexibility index (Phi) is 13.1. The van der Waals surface area contributed by atoms with E-state index in [-0.39, 0.29) is 31.4 Å². The first kappa shape index (κ1) is 29.6. The van der Waals surface area contributed by atoms with Crippen LogP contribution in [0.4, 0.5) is 0 Å². The van der Waals surface area contributed by atoms with Crippen LogP contribution in [-0.2, 0) is 33.6 Å². The largest absolute Gasteiger partial charge is 0.481 e. The molecular weight excluding hydrogens is 464 g/mol. The number of rotatable bonds is 16. The van der Waals surface area contributed by atoms with Gasteiger partial charge in [0, 0.05) is 18.6 Å². The zero-order valence-corrected chi connectivity index (χ0v) is 18.4. The summed E-state index contributed by atoms with van der Waals surface area (Å²) in [5, 5.41) is 24.3. The lowest BCUT2D eigenvalue weighted by Gasteiger charge is -2.24. The van der Waals surface area contributed by atoms with Crippen molar-refractivity contribution < 1.29 is 43.8 Å². The summed E-state index contributed by atoms with van der Waals surface area (Å²) in [6, 6.07) is -5.73. The van der Waals surface area contributed by atoms with Crippen LogP contribution in [0, 0.1) is 0 Å². The molecule has 16 heteroatoms. The van der Waals surface area contributed by atoms with Gasteiger partial charge in [-0.2, -0.15) is 12.6 Å². The minimum Gasteiger partial charge on any atom is -0.481 e. The molecule has 0 aliphatic carbocycles. The maximum absolute atomic E-state index is 12.6. The molecule has 0 saturated heterocycles. The van der Waals surface area contributed by atoms with Crippen LogP contribution in [0.1, 0.15) is 32.1 Å². The second kappa shape index (κ2) is 14.6. The first-order chi connectivity index (χ1) is 15.3. The summed E-state index contributed by atoms with van der Waals surface area (Å²) < 4.78 is 0. The Hall–Kier alpha value is -3.40. The highest BCUT2D eigenvalue weighted by Crippen LogP contribution is 2.03. The van der Waals surface area contributed by atoms with Gasteiger partial charge in [-0.25, -0.2) is 4.79 Å². The minimum atomic E-state index is -1.76. The SMILES string of the molecule is NC(=O)CCC(N)C(=O)NC(CCC(N)=O)C(=O)NC(CS)C(=O)NC(CC(=O)O)C(=O)O. The molecule has 0 aromatic heterocycles. The molecular formula is C17H28N6O9S. The number of primary amides is 2. The van der Waals surface area contributed by atoms with E-state index >= 15 is 0 Å². The van der Waals surface area contributed by atoms with Crippen molar-refractivity contribution in [3.63, 3.8) is 0 Å². The van der Waals surface area contributed by atoms with Crippen molar-refractivity contribution in [1.82, 2.24) is 16.0 Å². The normalized spacial score (nSPS) is 14.1. The molecule has 33 heavy (non-hydrogen) atoms. The average molecular weight is 493 g/mol. The van der Waals surface area contributed by atoms with Crippen LogP contribution < -0.4 is 33.2 Å². The van der Waals surface area contributed by atoms with E-state index in [9.17, 15) is 33.6 Å². The van der Waals surface area contributed by atoms with E-state index in [0.717, 1.165) is 0 Å². The van der Waals surface area contributed by atoms with Crippen LogP contribution >= 0.6 is 12.6 Å². The van der Waals surface area contributed by atoms with E-state index in [0.29, 0.717) is 0 Å². The third kappa shape index (κ3) is 12.3. The Balaban J connectivity index is 5.31. The molecule has 0 saturated carbocycles. The summed E-state index contributed by atoms with van der Waals surface area (Å²) in [7, 11) is 0. The lowest BCUT2D eigenvalue weighted by Crippen LogP contribution is -2.58. The highest BCUT2D eigenvalue weighted by molar-refractivity contribution is 7.80. The Labute approximate surface area is 193 Å². The molecule has 0 aromatic rings. The maximum Gasteiger partial charge on any atom is 0.326 e. The monoisotopic (exact) mass is 492 g/mol. The second-order valence-electron chi connectivity index (χ2n) is 6.92. The van der Waals surface area contributed by atoms with Gasteiger partial charge >= 0.3 is 11.9 Å². The zero-order chi connectivity index (χ0) is 25.7. The predicted octanol–water partition coefficient (Wildman–Crippen LogP) is -4.21. The van der Waals surface area contributed by atoms with Crippen molar-refractivity contribution in [2.24, 2.45) is 17.2 Å².